The second kappa shape index (κ2) is 11.6. The maximum absolute atomic E-state index is 12.4. The summed E-state index contributed by atoms with van der Waals surface area (Å²) in [5.74, 6) is 3.14. The van der Waals surface area contributed by atoms with Gasteiger partial charge < -0.3 is 14.6 Å². The number of hydrogen-bond acceptors (Lipinski definition) is 4. The number of hydrogen-bond donors (Lipinski definition) is 1. The fraction of sp³-hybridized carbons (Fsp3) is 0.300. The average molecular weight is 485 g/mol. The molecule has 35 heavy (non-hydrogen) atoms. The summed E-state index contributed by atoms with van der Waals surface area (Å²) in [5, 5.41) is 1.13. The lowest BCUT2D eigenvalue weighted by Crippen LogP contribution is -2.34. The summed E-state index contributed by atoms with van der Waals surface area (Å²) in [4.78, 5) is 18.3. The normalized spacial score (nSPS) is 14.9. The number of likely N-dealkylation sites (tertiary alicyclic amines) is 1. The molecule has 3 aromatic carbocycles. The quantitative estimate of drug-likeness (QED) is 0.169. The molecule has 1 N–H and O–H groups in total. The first-order valence-corrected chi connectivity index (χ1v) is 13.6. The smallest absolute Gasteiger partial charge is 0.315 e. The lowest BCUT2D eigenvalue weighted by Gasteiger charge is -2.32. The van der Waals surface area contributed by atoms with Crippen LogP contribution in [-0.4, -0.2) is 41.2 Å². The molecule has 1 fully saturated rings. The number of nitrogens with zero attached hydrogens (tertiary/aromatic N) is 1. The van der Waals surface area contributed by atoms with E-state index in [2.05, 4.69) is 46.4 Å². The van der Waals surface area contributed by atoms with Gasteiger partial charge >= 0.3 is 5.97 Å². The van der Waals surface area contributed by atoms with Crippen molar-refractivity contribution in [3.05, 3.63) is 102 Å². The molecule has 5 heteroatoms. The van der Waals surface area contributed by atoms with Crippen LogP contribution in [0, 0.1) is 0 Å². The summed E-state index contributed by atoms with van der Waals surface area (Å²) in [6.45, 7) is 3.51. The van der Waals surface area contributed by atoms with Crippen molar-refractivity contribution in [2.75, 3.05) is 25.4 Å². The highest BCUT2D eigenvalue weighted by Crippen LogP contribution is 2.29. The zero-order valence-electron chi connectivity index (χ0n) is 20.0. The van der Waals surface area contributed by atoms with Gasteiger partial charge in [0.25, 0.3) is 0 Å². The topological polar surface area (TPSA) is 45.3 Å². The Morgan fingerprint density at radius 3 is 2.49 bits per heavy atom. The van der Waals surface area contributed by atoms with Crippen molar-refractivity contribution in [3.63, 3.8) is 0 Å². The summed E-state index contributed by atoms with van der Waals surface area (Å²) in [6.07, 6.45) is 4.86. The third-order valence-corrected chi connectivity index (χ3v) is 7.82. The molecule has 0 amide bonds. The van der Waals surface area contributed by atoms with Crippen molar-refractivity contribution in [3.8, 4) is 5.75 Å². The molecule has 0 spiro atoms. The first-order valence-electron chi connectivity index (χ1n) is 12.4. The minimum atomic E-state index is -0.238. The summed E-state index contributed by atoms with van der Waals surface area (Å²) in [5.41, 5.74) is 4.78. The van der Waals surface area contributed by atoms with E-state index in [0.29, 0.717) is 11.7 Å². The van der Waals surface area contributed by atoms with Crippen LogP contribution in [-0.2, 0) is 17.0 Å². The Bertz CT molecular complexity index is 1230. The van der Waals surface area contributed by atoms with Gasteiger partial charge in [0.05, 0.1) is 6.42 Å². The minimum absolute atomic E-state index is 0.238. The van der Waals surface area contributed by atoms with Gasteiger partial charge in [-0.1, -0.05) is 60.7 Å². The molecule has 0 bridgehead atoms. The highest BCUT2D eigenvalue weighted by molar-refractivity contribution is 7.98. The number of fused-ring (bicyclic) bond motifs is 1. The van der Waals surface area contributed by atoms with Gasteiger partial charge in [-0.05, 0) is 66.7 Å². The molecule has 2 heterocycles. The van der Waals surface area contributed by atoms with E-state index in [4.69, 9.17) is 4.74 Å². The molecular weight excluding hydrogens is 452 g/mol. The highest BCUT2D eigenvalue weighted by atomic mass is 32.2. The summed E-state index contributed by atoms with van der Waals surface area (Å²) in [7, 11) is 0. The van der Waals surface area contributed by atoms with Crippen LogP contribution in [0.15, 0.2) is 85.1 Å². The molecule has 0 saturated carbocycles. The van der Waals surface area contributed by atoms with Crippen molar-refractivity contribution < 1.29 is 9.53 Å². The van der Waals surface area contributed by atoms with Gasteiger partial charge in [-0.2, -0.15) is 11.8 Å². The lowest BCUT2D eigenvalue weighted by molar-refractivity contribution is -0.133. The molecule has 1 saturated heterocycles. The SMILES string of the molecule is O=C(Cc1ccccc1)Oc1ccc2[nH]cc(CSCCN3CCC(c4ccccc4)CC3)c2c1. The molecule has 0 aliphatic carbocycles. The number of aromatic amines is 1. The Labute approximate surface area is 211 Å². The van der Waals surface area contributed by atoms with Crippen molar-refractivity contribution in [1.82, 2.24) is 9.88 Å². The number of esters is 1. The monoisotopic (exact) mass is 484 g/mol. The Balaban J connectivity index is 1.09. The van der Waals surface area contributed by atoms with Gasteiger partial charge in [0.1, 0.15) is 5.75 Å². The van der Waals surface area contributed by atoms with Gasteiger partial charge in [-0.15, -0.1) is 0 Å². The number of H-pyrrole nitrogens is 1. The van der Waals surface area contributed by atoms with E-state index in [1.165, 1.54) is 37.1 Å². The third kappa shape index (κ3) is 6.36. The Morgan fingerprint density at radius 2 is 1.71 bits per heavy atom. The van der Waals surface area contributed by atoms with Gasteiger partial charge in [-0.3, -0.25) is 4.79 Å². The van der Waals surface area contributed by atoms with E-state index in [1.54, 1.807) is 0 Å². The average Bonchev–Trinajstić information content (AvgIpc) is 3.30. The predicted molar refractivity (Wildman–Crippen MR) is 145 cm³/mol. The van der Waals surface area contributed by atoms with Gasteiger partial charge in [-0.25, -0.2) is 0 Å². The number of aromatic nitrogens is 1. The molecule has 1 aliphatic rings. The third-order valence-electron chi connectivity index (χ3n) is 6.83. The fourth-order valence-corrected chi connectivity index (χ4v) is 5.85. The number of carbonyl (C=O) groups excluding carboxylic acids is 1. The number of nitrogens with one attached hydrogen (secondary N) is 1. The van der Waals surface area contributed by atoms with Crippen LogP contribution in [0.1, 0.15) is 35.4 Å². The van der Waals surface area contributed by atoms with Crippen LogP contribution in [0.3, 0.4) is 0 Å². The Morgan fingerprint density at radius 1 is 0.971 bits per heavy atom. The second-order valence-electron chi connectivity index (χ2n) is 9.24. The van der Waals surface area contributed by atoms with E-state index >= 15 is 0 Å². The molecule has 0 unspecified atom stereocenters. The van der Waals surface area contributed by atoms with Gasteiger partial charge in [0.2, 0.25) is 0 Å². The van der Waals surface area contributed by atoms with E-state index in [-0.39, 0.29) is 12.4 Å². The molecule has 1 aliphatic heterocycles. The van der Waals surface area contributed by atoms with E-state index in [0.717, 1.165) is 34.5 Å². The van der Waals surface area contributed by atoms with Gasteiger partial charge in [0.15, 0.2) is 0 Å². The van der Waals surface area contributed by atoms with Gasteiger partial charge in [0, 0.05) is 35.2 Å². The zero-order chi connectivity index (χ0) is 23.9. The number of carbonyl (C=O) groups is 1. The molecule has 0 atom stereocenters. The highest BCUT2D eigenvalue weighted by Gasteiger charge is 2.20. The van der Waals surface area contributed by atoms with E-state index in [1.807, 2.05) is 60.3 Å². The Kier molecular flexibility index (Phi) is 7.86. The van der Waals surface area contributed by atoms with E-state index in [9.17, 15) is 4.79 Å². The maximum Gasteiger partial charge on any atom is 0.315 e. The minimum Gasteiger partial charge on any atom is -0.426 e. The zero-order valence-corrected chi connectivity index (χ0v) is 20.8. The number of benzene rings is 3. The van der Waals surface area contributed by atoms with Crippen LogP contribution in [0.5, 0.6) is 5.75 Å². The van der Waals surface area contributed by atoms with Crippen LogP contribution < -0.4 is 4.74 Å². The Hall–Kier alpha value is -3.02. The summed E-state index contributed by atoms with van der Waals surface area (Å²) >= 11 is 1.97. The lowest BCUT2D eigenvalue weighted by atomic mass is 9.89. The number of rotatable bonds is 9. The number of thioether (sulfide) groups is 1. The van der Waals surface area contributed by atoms with Crippen molar-refractivity contribution >= 4 is 28.6 Å². The molecule has 4 nitrogen and oxygen atoms in total. The maximum atomic E-state index is 12.4. The van der Waals surface area contributed by atoms with Crippen molar-refractivity contribution in [1.29, 1.82) is 0 Å². The number of piperidine rings is 1. The predicted octanol–water partition coefficient (Wildman–Crippen LogP) is 6.43. The second-order valence-corrected chi connectivity index (χ2v) is 10.3. The molecule has 180 valence electrons. The van der Waals surface area contributed by atoms with E-state index < -0.39 is 0 Å². The first kappa shape index (κ1) is 23.7. The molecule has 4 aromatic rings. The molecule has 5 rings (SSSR count). The van der Waals surface area contributed by atoms with Crippen molar-refractivity contribution in [2.45, 2.75) is 30.9 Å². The van der Waals surface area contributed by atoms with Crippen LogP contribution in [0.4, 0.5) is 0 Å². The summed E-state index contributed by atoms with van der Waals surface area (Å²) in [6, 6.07) is 26.5. The van der Waals surface area contributed by atoms with Crippen LogP contribution in [0.25, 0.3) is 10.9 Å². The fourth-order valence-electron chi connectivity index (χ4n) is 4.86. The standard InChI is InChI=1S/C30H32N2O2S/c33-30(19-23-7-3-1-4-8-23)34-27-11-12-29-28(20-27)26(21-31-29)22-35-18-17-32-15-13-25(14-16-32)24-9-5-2-6-10-24/h1-12,20-21,25,31H,13-19,22H2. The first-order chi connectivity index (χ1) is 17.2. The number of ether oxygens (including phenoxy) is 1. The largest absolute Gasteiger partial charge is 0.426 e. The van der Waals surface area contributed by atoms with Crippen LogP contribution in [0.2, 0.25) is 0 Å². The van der Waals surface area contributed by atoms with Crippen LogP contribution >= 0.6 is 11.8 Å². The summed E-state index contributed by atoms with van der Waals surface area (Å²) < 4.78 is 5.63. The molecule has 1 aromatic heterocycles. The van der Waals surface area contributed by atoms with Crippen molar-refractivity contribution in [2.24, 2.45) is 0 Å². The molecular formula is C30H32N2O2S. The molecule has 0 radical (unpaired) electrons.